The molecule has 10 heteroatoms. The van der Waals surface area contributed by atoms with Crippen molar-refractivity contribution in [3.8, 4) is 17.2 Å². The van der Waals surface area contributed by atoms with E-state index in [0.29, 0.717) is 23.7 Å². The molecule has 2 aromatic carbocycles. The predicted molar refractivity (Wildman–Crippen MR) is 116 cm³/mol. The van der Waals surface area contributed by atoms with Crippen molar-refractivity contribution in [1.29, 1.82) is 0 Å². The van der Waals surface area contributed by atoms with Crippen molar-refractivity contribution in [3.05, 3.63) is 53.6 Å². The molecule has 0 aliphatic heterocycles. The summed E-state index contributed by atoms with van der Waals surface area (Å²) in [5.74, 6) is -0.549. The van der Waals surface area contributed by atoms with Gasteiger partial charge in [0.25, 0.3) is 5.91 Å². The van der Waals surface area contributed by atoms with Gasteiger partial charge in [0.05, 0.1) is 32.9 Å². The van der Waals surface area contributed by atoms with Crippen LogP contribution in [0.3, 0.4) is 0 Å². The second kappa shape index (κ2) is 12.6. The summed E-state index contributed by atoms with van der Waals surface area (Å²) < 4.78 is 15.7. The smallest absolute Gasteiger partial charge is 0.341 e. The number of methoxy groups -OCH3 is 1. The van der Waals surface area contributed by atoms with E-state index in [0.717, 1.165) is 5.56 Å². The number of hydrazone groups is 1. The van der Waals surface area contributed by atoms with Gasteiger partial charge in [-0.05, 0) is 48.4 Å². The largest absolute Gasteiger partial charge is 0.497 e. The monoisotopic (exact) mass is 443 g/mol. The third kappa shape index (κ3) is 8.34. The van der Waals surface area contributed by atoms with Crippen LogP contribution < -0.4 is 25.0 Å². The Morgan fingerprint density at radius 3 is 2.44 bits per heavy atom. The number of ether oxygens (including phenoxy) is 3. The lowest BCUT2D eigenvalue weighted by molar-refractivity contribution is -0.139. The van der Waals surface area contributed by atoms with Gasteiger partial charge in [-0.15, -0.1) is 0 Å². The van der Waals surface area contributed by atoms with Crippen LogP contribution in [0.2, 0.25) is 0 Å². The Balaban J connectivity index is 1.82. The topological polar surface area (TPSA) is 136 Å². The Hall–Kier alpha value is -4.08. The first kappa shape index (κ1) is 24.2. The van der Waals surface area contributed by atoms with Gasteiger partial charge in [0.1, 0.15) is 5.75 Å². The molecule has 3 N–H and O–H groups in total. The molecule has 0 radical (unpaired) electrons. The summed E-state index contributed by atoms with van der Waals surface area (Å²) in [4.78, 5) is 34.5. The lowest BCUT2D eigenvalue weighted by atomic mass is 10.1. The Morgan fingerprint density at radius 1 is 1.03 bits per heavy atom. The SMILES string of the molecule is CCOc1cc(/C=N\NC(=O)CNC(=O)Cc2ccc(OC)cc2)ccc1OCC(=O)O. The Morgan fingerprint density at radius 2 is 1.78 bits per heavy atom. The van der Waals surface area contributed by atoms with E-state index in [1.165, 1.54) is 6.21 Å². The quantitative estimate of drug-likeness (QED) is 0.333. The molecule has 2 rings (SSSR count). The summed E-state index contributed by atoms with van der Waals surface area (Å²) in [6.45, 7) is 1.42. The second-order valence-electron chi connectivity index (χ2n) is 6.42. The van der Waals surface area contributed by atoms with E-state index < -0.39 is 18.5 Å². The zero-order chi connectivity index (χ0) is 23.3. The number of amides is 2. The van der Waals surface area contributed by atoms with E-state index in [9.17, 15) is 14.4 Å². The molecule has 0 saturated carbocycles. The van der Waals surface area contributed by atoms with Gasteiger partial charge >= 0.3 is 5.97 Å². The number of carboxylic acid groups (broad SMARTS) is 1. The summed E-state index contributed by atoms with van der Waals surface area (Å²) in [5.41, 5.74) is 3.71. The van der Waals surface area contributed by atoms with Gasteiger partial charge in [-0.2, -0.15) is 5.10 Å². The van der Waals surface area contributed by atoms with Gasteiger partial charge in [-0.1, -0.05) is 12.1 Å². The Kier molecular flexibility index (Phi) is 9.51. The molecule has 0 fully saturated rings. The molecule has 0 saturated heterocycles. The van der Waals surface area contributed by atoms with Crippen LogP contribution in [0.5, 0.6) is 17.2 Å². The minimum atomic E-state index is -1.10. The maximum absolute atomic E-state index is 12.0. The lowest BCUT2D eigenvalue weighted by Crippen LogP contribution is -2.35. The van der Waals surface area contributed by atoms with Crippen molar-refractivity contribution in [2.45, 2.75) is 13.3 Å². The molecule has 0 unspecified atom stereocenters. The zero-order valence-corrected chi connectivity index (χ0v) is 17.8. The molecule has 0 spiro atoms. The maximum Gasteiger partial charge on any atom is 0.341 e. The molecule has 0 aliphatic rings. The number of hydrogen-bond donors (Lipinski definition) is 3. The van der Waals surface area contributed by atoms with Crippen molar-refractivity contribution < 1.29 is 33.7 Å². The number of aliphatic carboxylic acids is 1. The van der Waals surface area contributed by atoms with Crippen molar-refractivity contribution >= 4 is 24.0 Å². The van der Waals surface area contributed by atoms with E-state index >= 15 is 0 Å². The fraction of sp³-hybridized carbons (Fsp3) is 0.273. The summed E-state index contributed by atoms with van der Waals surface area (Å²) >= 11 is 0. The molecular weight excluding hydrogens is 418 g/mol. The van der Waals surface area contributed by atoms with Crippen LogP contribution in [0, 0.1) is 0 Å². The highest BCUT2D eigenvalue weighted by Crippen LogP contribution is 2.28. The number of rotatable bonds is 12. The minimum Gasteiger partial charge on any atom is -0.497 e. The number of nitrogens with one attached hydrogen (secondary N) is 2. The van der Waals surface area contributed by atoms with Gasteiger partial charge in [0.15, 0.2) is 18.1 Å². The first-order chi connectivity index (χ1) is 15.4. The molecular formula is C22H25N3O7. The van der Waals surface area contributed by atoms with Crippen LogP contribution in [0.15, 0.2) is 47.6 Å². The van der Waals surface area contributed by atoms with Gasteiger partial charge in [-0.25, -0.2) is 10.2 Å². The molecule has 2 aromatic rings. The summed E-state index contributed by atoms with van der Waals surface area (Å²) in [5, 5.41) is 15.1. The number of benzene rings is 2. The number of carbonyl (C=O) groups is 3. The molecule has 0 bridgehead atoms. The van der Waals surface area contributed by atoms with Crippen LogP contribution in [0.4, 0.5) is 0 Å². The fourth-order valence-electron chi connectivity index (χ4n) is 2.52. The van der Waals surface area contributed by atoms with Gasteiger partial charge in [-0.3, -0.25) is 9.59 Å². The number of nitrogens with zero attached hydrogens (tertiary/aromatic N) is 1. The van der Waals surface area contributed by atoms with E-state index in [1.807, 2.05) is 0 Å². The average molecular weight is 443 g/mol. The van der Waals surface area contributed by atoms with Crippen molar-refractivity contribution in [2.75, 3.05) is 26.9 Å². The number of hydrogen-bond acceptors (Lipinski definition) is 7. The summed E-state index contributed by atoms with van der Waals surface area (Å²) in [6, 6.07) is 11.8. The highest BCUT2D eigenvalue weighted by molar-refractivity contribution is 5.87. The van der Waals surface area contributed by atoms with Crippen LogP contribution in [-0.2, 0) is 20.8 Å². The maximum atomic E-state index is 12.0. The normalized spacial score (nSPS) is 10.4. The summed E-state index contributed by atoms with van der Waals surface area (Å²) in [6.07, 6.45) is 1.53. The number of carbonyl (C=O) groups excluding carboxylic acids is 2. The van der Waals surface area contributed by atoms with Crippen LogP contribution in [0.25, 0.3) is 0 Å². The molecule has 0 aliphatic carbocycles. The first-order valence-corrected chi connectivity index (χ1v) is 9.74. The summed E-state index contributed by atoms with van der Waals surface area (Å²) in [7, 11) is 1.56. The standard InChI is InChI=1S/C22H25N3O7/c1-3-31-19-10-16(6-9-18(19)32-14-22(28)29)12-24-25-21(27)13-23-20(26)11-15-4-7-17(30-2)8-5-15/h4-10,12H,3,11,13-14H2,1-2H3,(H,23,26)(H,25,27)(H,28,29)/b24-12-. The molecule has 32 heavy (non-hydrogen) atoms. The second-order valence-corrected chi connectivity index (χ2v) is 6.42. The molecule has 0 heterocycles. The van der Waals surface area contributed by atoms with Crippen molar-refractivity contribution in [2.24, 2.45) is 5.10 Å². The third-order valence-corrected chi connectivity index (χ3v) is 3.99. The van der Waals surface area contributed by atoms with E-state index in [4.69, 9.17) is 19.3 Å². The minimum absolute atomic E-state index is 0.136. The van der Waals surface area contributed by atoms with Gasteiger partial charge in [0.2, 0.25) is 5.91 Å². The van der Waals surface area contributed by atoms with Crippen LogP contribution >= 0.6 is 0 Å². The van der Waals surface area contributed by atoms with Crippen molar-refractivity contribution in [3.63, 3.8) is 0 Å². The van der Waals surface area contributed by atoms with Crippen LogP contribution in [0.1, 0.15) is 18.1 Å². The highest BCUT2D eigenvalue weighted by Gasteiger charge is 2.09. The fourth-order valence-corrected chi connectivity index (χ4v) is 2.52. The Labute approximate surface area is 185 Å². The average Bonchev–Trinajstić information content (AvgIpc) is 2.78. The zero-order valence-electron chi connectivity index (χ0n) is 17.8. The van der Waals surface area contributed by atoms with E-state index in [-0.39, 0.29) is 24.6 Å². The van der Waals surface area contributed by atoms with E-state index in [1.54, 1.807) is 56.5 Å². The third-order valence-electron chi connectivity index (χ3n) is 3.99. The Bertz CT molecular complexity index is 958. The highest BCUT2D eigenvalue weighted by atomic mass is 16.5. The first-order valence-electron chi connectivity index (χ1n) is 9.74. The molecule has 0 aromatic heterocycles. The van der Waals surface area contributed by atoms with E-state index in [2.05, 4.69) is 15.8 Å². The molecule has 170 valence electrons. The molecule has 0 atom stereocenters. The van der Waals surface area contributed by atoms with Crippen LogP contribution in [-0.4, -0.2) is 56.0 Å². The van der Waals surface area contributed by atoms with Gasteiger partial charge < -0.3 is 24.6 Å². The molecule has 2 amide bonds. The van der Waals surface area contributed by atoms with Gasteiger partial charge in [0, 0.05) is 0 Å². The lowest BCUT2D eigenvalue weighted by Gasteiger charge is -2.11. The number of carboxylic acids is 1. The molecule has 10 nitrogen and oxygen atoms in total. The van der Waals surface area contributed by atoms with Crippen molar-refractivity contribution in [1.82, 2.24) is 10.7 Å². The predicted octanol–water partition coefficient (Wildman–Crippen LogP) is 1.37.